The first-order valence-corrected chi connectivity index (χ1v) is 14.0. The average molecular weight is 567 g/mol. The molecule has 0 aromatic heterocycles. The summed E-state index contributed by atoms with van der Waals surface area (Å²) < 4.78 is 92.9. The molecule has 0 aliphatic carbocycles. The quantitative estimate of drug-likeness (QED) is 0.0795. The van der Waals surface area contributed by atoms with Gasteiger partial charge in [-0.1, -0.05) is 62.4 Å². The molecule has 200 valence electrons. The minimum absolute atomic E-state index is 0.0381. The van der Waals surface area contributed by atoms with Crippen LogP contribution in [0.5, 0.6) is 0 Å². The highest BCUT2D eigenvalue weighted by molar-refractivity contribution is 7.97. The van der Waals surface area contributed by atoms with Crippen molar-refractivity contribution in [1.82, 2.24) is 0 Å². The molecule has 0 aliphatic rings. The number of rotatable bonds is 6. The third kappa shape index (κ3) is 6.61. The summed E-state index contributed by atoms with van der Waals surface area (Å²) in [6.07, 6.45) is 1.18. The molecule has 0 saturated carbocycles. The zero-order chi connectivity index (χ0) is 28.0. The van der Waals surface area contributed by atoms with E-state index < -0.39 is 44.1 Å². The van der Waals surface area contributed by atoms with Gasteiger partial charge in [-0.3, -0.25) is 0 Å². The summed E-state index contributed by atoms with van der Waals surface area (Å²) in [5.41, 5.74) is 1.43. The molecule has 3 nitrogen and oxygen atoms in total. The summed E-state index contributed by atoms with van der Waals surface area (Å²) in [6, 6.07) is 30.9. The number of hydrogen-bond donors (Lipinski definition) is 0. The molecule has 1 atom stereocenters. The molecular weight excluding hydrogens is 543 g/mol. The van der Waals surface area contributed by atoms with Crippen molar-refractivity contribution in [2.24, 2.45) is 0 Å². The number of halogens is 5. The molecule has 0 fully saturated rings. The van der Waals surface area contributed by atoms with Crippen LogP contribution in [-0.2, 0) is 21.0 Å². The summed E-state index contributed by atoms with van der Waals surface area (Å²) in [4.78, 5) is 1.75. The van der Waals surface area contributed by atoms with Crippen LogP contribution in [0.25, 0.3) is 0 Å². The molecule has 10 heteroatoms. The van der Waals surface area contributed by atoms with E-state index in [1.165, 1.54) is 26.7 Å². The van der Waals surface area contributed by atoms with E-state index in [1.54, 1.807) is 0 Å². The molecule has 0 saturated heterocycles. The molecule has 0 heterocycles. The Hall–Kier alpha value is -3.21. The van der Waals surface area contributed by atoms with Crippen LogP contribution < -0.4 is 0 Å². The van der Waals surface area contributed by atoms with Gasteiger partial charge in [0, 0.05) is 0 Å². The molecule has 0 spiro atoms. The molecule has 38 heavy (non-hydrogen) atoms. The summed E-state index contributed by atoms with van der Waals surface area (Å²) >= 11 is 0. The fourth-order valence-electron chi connectivity index (χ4n) is 3.49. The zero-order valence-corrected chi connectivity index (χ0v) is 21.9. The molecule has 0 bridgehead atoms. The summed E-state index contributed by atoms with van der Waals surface area (Å²) in [5, 5.41) is 0. The lowest BCUT2D eigenvalue weighted by molar-refractivity contribution is 0.350. The fraction of sp³-hybridized carbons (Fsp3) is 0.143. The van der Waals surface area contributed by atoms with Gasteiger partial charge in [0.2, 0.25) is 5.82 Å². The van der Waals surface area contributed by atoms with Crippen molar-refractivity contribution < 1.29 is 34.9 Å². The standard InChI is InChI=1S/C22H23S.C6HF5O3S/c1-3-18(2)19-14-16-22(17-15-19)23(20-10-6-4-7-11-20)21-12-8-5-9-13-21;7-1-2(8)4(10)6(15(12,13)14)5(11)3(1)9/h4-18H,3H2,1-2H3;(H,12,13,14)/q+1;/p-1. The van der Waals surface area contributed by atoms with Crippen LogP contribution in [0.4, 0.5) is 22.0 Å². The Labute approximate surface area is 221 Å². The van der Waals surface area contributed by atoms with Crippen molar-refractivity contribution in [3.8, 4) is 0 Å². The lowest BCUT2D eigenvalue weighted by Crippen LogP contribution is -2.12. The van der Waals surface area contributed by atoms with Gasteiger partial charge in [0.25, 0.3) is 0 Å². The second kappa shape index (κ2) is 12.6. The van der Waals surface area contributed by atoms with Gasteiger partial charge in [-0.2, -0.15) is 0 Å². The van der Waals surface area contributed by atoms with Gasteiger partial charge in [0.1, 0.15) is 15.0 Å². The maximum absolute atomic E-state index is 12.6. The van der Waals surface area contributed by atoms with E-state index in [9.17, 15) is 34.9 Å². The highest BCUT2D eigenvalue weighted by atomic mass is 32.2. The van der Waals surface area contributed by atoms with Crippen LogP contribution in [0.1, 0.15) is 31.7 Å². The van der Waals surface area contributed by atoms with Crippen LogP contribution >= 0.6 is 0 Å². The predicted octanol–water partition coefficient (Wildman–Crippen LogP) is 7.58. The van der Waals surface area contributed by atoms with Crippen molar-refractivity contribution in [1.29, 1.82) is 0 Å². The van der Waals surface area contributed by atoms with Gasteiger partial charge in [-0.25, -0.2) is 30.4 Å². The smallest absolute Gasteiger partial charge is 0.200 e. The van der Waals surface area contributed by atoms with Crippen LogP contribution in [0.2, 0.25) is 0 Å². The van der Waals surface area contributed by atoms with Gasteiger partial charge in [-0.15, -0.1) is 0 Å². The third-order valence-corrected chi connectivity index (χ3v) is 8.76. The zero-order valence-electron chi connectivity index (χ0n) is 20.3. The van der Waals surface area contributed by atoms with E-state index in [2.05, 4.69) is 98.8 Å². The first kappa shape index (κ1) is 29.3. The van der Waals surface area contributed by atoms with Crippen LogP contribution in [0.3, 0.4) is 0 Å². The highest BCUT2D eigenvalue weighted by Gasteiger charge is 2.29. The molecule has 4 aromatic carbocycles. The summed E-state index contributed by atoms with van der Waals surface area (Å²) in [6.45, 7) is 4.54. The van der Waals surface area contributed by atoms with Crippen LogP contribution in [-0.4, -0.2) is 13.0 Å². The molecular formula is C28H23F5O3S2. The Morgan fingerprint density at radius 2 is 1.03 bits per heavy atom. The van der Waals surface area contributed by atoms with Gasteiger partial charge >= 0.3 is 0 Å². The van der Waals surface area contributed by atoms with Crippen molar-refractivity contribution in [3.05, 3.63) is 120 Å². The van der Waals surface area contributed by atoms with Gasteiger partial charge in [-0.05, 0) is 54.3 Å². The Balaban J connectivity index is 0.000000232. The Morgan fingerprint density at radius 3 is 1.39 bits per heavy atom. The third-order valence-electron chi connectivity index (χ3n) is 5.67. The normalized spacial score (nSPS) is 12.1. The minimum Gasteiger partial charge on any atom is -0.744 e. The molecule has 4 aromatic rings. The largest absolute Gasteiger partial charge is 0.744 e. The van der Waals surface area contributed by atoms with E-state index in [1.807, 2.05) is 0 Å². The second-order valence-electron chi connectivity index (χ2n) is 8.16. The van der Waals surface area contributed by atoms with Crippen LogP contribution in [0.15, 0.2) is 105 Å². The van der Waals surface area contributed by atoms with E-state index in [0.717, 1.165) is 0 Å². The van der Waals surface area contributed by atoms with Crippen molar-refractivity contribution in [2.45, 2.75) is 45.8 Å². The fourth-order valence-corrected chi connectivity index (χ4v) is 6.20. The Bertz CT molecular complexity index is 1410. The topological polar surface area (TPSA) is 57.2 Å². The van der Waals surface area contributed by atoms with Crippen LogP contribution in [0, 0.1) is 29.1 Å². The van der Waals surface area contributed by atoms with E-state index in [-0.39, 0.29) is 10.9 Å². The monoisotopic (exact) mass is 566 g/mol. The van der Waals surface area contributed by atoms with Crippen molar-refractivity contribution >= 4 is 21.0 Å². The summed E-state index contributed by atoms with van der Waals surface area (Å²) in [5.74, 6) is -12.2. The van der Waals surface area contributed by atoms with E-state index >= 15 is 0 Å². The molecule has 1 unspecified atom stereocenters. The number of benzene rings is 4. The molecule has 0 amide bonds. The SMILES string of the molecule is CCC(C)c1ccc([S+](c2ccccc2)c2ccccc2)cc1.O=S(=O)([O-])c1c(F)c(F)c(F)c(F)c1F. The van der Waals surface area contributed by atoms with E-state index in [4.69, 9.17) is 0 Å². The van der Waals surface area contributed by atoms with Crippen molar-refractivity contribution in [3.63, 3.8) is 0 Å². The maximum atomic E-state index is 12.6. The second-order valence-corrected chi connectivity index (χ2v) is 11.5. The Kier molecular flexibility index (Phi) is 9.70. The van der Waals surface area contributed by atoms with Gasteiger partial charge in [0.15, 0.2) is 38.0 Å². The lowest BCUT2D eigenvalue weighted by atomic mass is 9.99. The first-order valence-electron chi connectivity index (χ1n) is 11.4. The Morgan fingerprint density at radius 1 is 0.658 bits per heavy atom. The summed E-state index contributed by atoms with van der Waals surface area (Å²) in [7, 11) is -5.81. The number of hydrogen-bond acceptors (Lipinski definition) is 3. The highest BCUT2D eigenvalue weighted by Crippen LogP contribution is 2.32. The molecule has 0 radical (unpaired) electrons. The minimum atomic E-state index is -5.77. The van der Waals surface area contributed by atoms with Gasteiger partial charge in [0.05, 0.1) is 10.9 Å². The molecule has 0 N–H and O–H groups in total. The molecule has 0 aliphatic heterocycles. The molecule has 4 rings (SSSR count). The first-order chi connectivity index (χ1) is 18.0. The van der Waals surface area contributed by atoms with Crippen molar-refractivity contribution in [2.75, 3.05) is 0 Å². The predicted molar refractivity (Wildman–Crippen MR) is 134 cm³/mol. The van der Waals surface area contributed by atoms with Gasteiger partial charge < -0.3 is 4.55 Å². The maximum Gasteiger partial charge on any atom is 0.200 e. The van der Waals surface area contributed by atoms with E-state index in [0.29, 0.717) is 5.92 Å². The lowest BCUT2D eigenvalue weighted by Gasteiger charge is -2.11. The average Bonchev–Trinajstić information content (AvgIpc) is 2.92.